The number of carbonyl (C=O) groups excluding carboxylic acids is 1. The van der Waals surface area contributed by atoms with Crippen molar-refractivity contribution in [1.82, 2.24) is 29.6 Å². The molecule has 10 nitrogen and oxygen atoms in total. The van der Waals surface area contributed by atoms with E-state index in [4.69, 9.17) is 4.74 Å². The summed E-state index contributed by atoms with van der Waals surface area (Å²) in [6.45, 7) is 2.50. The molecule has 3 heterocycles. The fourth-order valence-corrected chi connectivity index (χ4v) is 3.29. The Kier molecular flexibility index (Phi) is 5.27. The summed E-state index contributed by atoms with van der Waals surface area (Å²) in [4.78, 5) is 33.3. The number of hydrogen-bond acceptors (Lipinski definition) is 7. The third kappa shape index (κ3) is 3.66. The van der Waals surface area contributed by atoms with Crippen LogP contribution < -0.4 is 10.9 Å². The zero-order valence-corrected chi connectivity index (χ0v) is 16.1. The lowest BCUT2D eigenvalue weighted by atomic mass is 10.1. The van der Waals surface area contributed by atoms with E-state index in [0.717, 1.165) is 0 Å². The van der Waals surface area contributed by atoms with E-state index in [1.807, 2.05) is 0 Å². The number of halogens is 1. The lowest BCUT2D eigenvalue weighted by molar-refractivity contribution is 0.0659. The number of aromatic nitrogens is 5. The molecular formula is C19H19FN6O4. The Balaban J connectivity index is 1.62. The highest BCUT2D eigenvalue weighted by molar-refractivity contribution is 5.94. The molecule has 0 saturated heterocycles. The van der Waals surface area contributed by atoms with E-state index in [9.17, 15) is 19.1 Å². The van der Waals surface area contributed by atoms with Crippen LogP contribution in [-0.2, 0) is 17.8 Å². The third-order valence-corrected chi connectivity index (χ3v) is 4.80. The van der Waals surface area contributed by atoms with Crippen LogP contribution >= 0.6 is 0 Å². The zero-order valence-electron chi connectivity index (χ0n) is 16.1. The van der Waals surface area contributed by atoms with Crippen molar-refractivity contribution in [2.24, 2.45) is 0 Å². The fraction of sp³-hybridized carbons (Fsp3) is 0.316. The van der Waals surface area contributed by atoms with E-state index in [0.29, 0.717) is 30.8 Å². The molecule has 1 aliphatic heterocycles. The van der Waals surface area contributed by atoms with Gasteiger partial charge in [-0.2, -0.15) is 5.10 Å². The van der Waals surface area contributed by atoms with Crippen molar-refractivity contribution in [3.05, 3.63) is 64.1 Å². The van der Waals surface area contributed by atoms with Gasteiger partial charge in [0, 0.05) is 19.7 Å². The summed E-state index contributed by atoms with van der Waals surface area (Å²) in [5.74, 6) is -1.65. The molecule has 0 fully saturated rings. The van der Waals surface area contributed by atoms with Gasteiger partial charge in [0.05, 0.1) is 5.69 Å². The van der Waals surface area contributed by atoms with Crippen LogP contribution in [0, 0.1) is 5.82 Å². The maximum Gasteiger partial charge on any atom is 0.296 e. The number of ether oxygens (including phenoxy) is 1. The Hall–Kier alpha value is -3.60. The highest BCUT2D eigenvalue weighted by Gasteiger charge is 2.25. The van der Waals surface area contributed by atoms with Crippen molar-refractivity contribution in [3.8, 4) is 11.4 Å². The number of nitrogens with one attached hydrogen (secondary N) is 1. The summed E-state index contributed by atoms with van der Waals surface area (Å²) < 4.78 is 22.0. The predicted octanol–water partition coefficient (Wildman–Crippen LogP) is 1.08. The zero-order chi connectivity index (χ0) is 21.3. The average molecular weight is 414 g/mol. The molecule has 1 aliphatic rings. The molecule has 1 unspecified atom stereocenters. The number of benzene rings is 1. The van der Waals surface area contributed by atoms with Gasteiger partial charge in [-0.15, -0.1) is 0 Å². The molecule has 0 bridgehead atoms. The van der Waals surface area contributed by atoms with Crippen molar-refractivity contribution < 1.29 is 19.0 Å². The van der Waals surface area contributed by atoms with E-state index in [-0.39, 0.29) is 18.1 Å². The minimum absolute atomic E-state index is 0.0140. The Morgan fingerprint density at radius 1 is 1.43 bits per heavy atom. The van der Waals surface area contributed by atoms with Crippen LogP contribution in [0.25, 0.3) is 5.69 Å². The van der Waals surface area contributed by atoms with Crippen LogP contribution in [0.5, 0.6) is 5.75 Å². The maximum absolute atomic E-state index is 13.7. The molecule has 1 aromatic carbocycles. The second kappa shape index (κ2) is 8.03. The first kappa shape index (κ1) is 19.7. The van der Waals surface area contributed by atoms with Gasteiger partial charge in [0.25, 0.3) is 11.5 Å². The maximum atomic E-state index is 13.7. The fourth-order valence-electron chi connectivity index (χ4n) is 3.29. The molecule has 0 radical (unpaired) electrons. The van der Waals surface area contributed by atoms with Crippen molar-refractivity contribution in [2.75, 3.05) is 6.61 Å². The molecule has 1 amide bonds. The van der Waals surface area contributed by atoms with Crippen LogP contribution in [-0.4, -0.2) is 41.9 Å². The van der Waals surface area contributed by atoms with Crippen molar-refractivity contribution >= 4 is 5.91 Å². The number of carbonyl (C=O) groups is 1. The SMILES string of the molecule is CC1OCCCn2c1nc(C(=O)NCc1ccc(F)cc1-n1cncn1)c(O)c2=O. The van der Waals surface area contributed by atoms with Crippen LogP contribution in [0.15, 0.2) is 35.6 Å². The number of fused-ring (bicyclic) bond motifs is 1. The van der Waals surface area contributed by atoms with Gasteiger partial charge in [0.15, 0.2) is 5.69 Å². The molecule has 2 aromatic heterocycles. The number of amides is 1. The third-order valence-electron chi connectivity index (χ3n) is 4.80. The van der Waals surface area contributed by atoms with Crippen LogP contribution in [0.1, 0.15) is 41.3 Å². The van der Waals surface area contributed by atoms with Crippen molar-refractivity contribution in [1.29, 1.82) is 0 Å². The summed E-state index contributed by atoms with van der Waals surface area (Å²) >= 11 is 0. The van der Waals surface area contributed by atoms with E-state index >= 15 is 0 Å². The molecule has 156 valence electrons. The number of nitrogens with zero attached hydrogens (tertiary/aromatic N) is 5. The van der Waals surface area contributed by atoms with E-state index in [2.05, 4.69) is 20.4 Å². The normalized spacial score (nSPS) is 16.0. The van der Waals surface area contributed by atoms with Crippen LogP contribution in [0.3, 0.4) is 0 Å². The second-order valence-electron chi connectivity index (χ2n) is 6.79. The first-order chi connectivity index (χ1) is 14.5. The molecule has 0 spiro atoms. The Morgan fingerprint density at radius 3 is 3.03 bits per heavy atom. The number of hydrogen-bond donors (Lipinski definition) is 2. The van der Waals surface area contributed by atoms with Gasteiger partial charge in [-0.3, -0.25) is 14.2 Å². The van der Waals surface area contributed by atoms with Crippen LogP contribution in [0.4, 0.5) is 4.39 Å². The lowest BCUT2D eigenvalue weighted by Crippen LogP contribution is -2.31. The molecule has 30 heavy (non-hydrogen) atoms. The minimum atomic E-state index is -0.738. The Labute approximate surface area is 170 Å². The molecular weight excluding hydrogens is 395 g/mol. The number of aromatic hydroxyl groups is 1. The second-order valence-corrected chi connectivity index (χ2v) is 6.79. The lowest BCUT2D eigenvalue weighted by Gasteiger charge is -2.16. The van der Waals surface area contributed by atoms with E-state index < -0.39 is 29.1 Å². The summed E-state index contributed by atoms with van der Waals surface area (Å²) in [5, 5.41) is 16.9. The first-order valence-electron chi connectivity index (χ1n) is 9.32. The highest BCUT2D eigenvalue weighted by atomic mass is 19.1. The minimum Gasteiger partial charge on any atom is -0.501 e. The topological polar surface area (TPSA) is 124 Å². The number of rotatable bonds is 4. The quantitative estimate of drug-likeness (QED) is 0.655. The smallest absolute Gasteiger partial charge is 0.296 e. The largest absolute Gasteiger partial charge is 0.501 e. The molecule has 11 heteroatoms. The Bertz CT molecular complexity index is 1140. The molecule has 0 saturated carbocycles. The standard InChI is InChI=1S/C19H19FN6O4/c1-11-17-24-15(16(27)19(29)25(17)5-2-6-30-11)18(28)22-8-12-3-4-13(20)7-14(12)26-10-21-9-23-26/h3-4,7,9-11,27H,2,5-6,8H2,1H3,(H,22,28). The Morgan fingerprint density at radius 2 is 2.27 bits per heavy atom. The van der Waals surface area contributed by atoms with E-state index in [1.165, 1.54) is 40.1 Å². The van der Waals surface area contributed by atoms with Crippen molar-refractivity contribution in [3.63, 3.8) is 0 Å². The molecule has 2 N–H and O–H groups in total. The van der Waals surface area contributed by atoms with Crippen molar-refractivity contribution in [2.45, 2.75) is 32.5 Å². The van der Waals surface area contributed by atoms with E-state index in [1.54, 1.807) is 6.92 Å². The van der Waals surface area contributed by atoms with Gasteiger partial charge in [0.1, 0.15) is 30.4 Å². The molecule has 0 aliphatic carbocycles. The van der Waals surface area contributed by atoms with Gasteiger partial charge in [-0.05, 0) is 31.0 Å². The first-order valence-corrected chi connectivity index (χ1v) is 9.32. The summed E-state index contributed by atoms with van der Waals surface area (Å²) in [6.07, 6.45) is 2.81. The average Bonchev–Trinajstić information content (AvgIpc) is 3.20. The monoisotopic (exact) mass is 414 g/mol. The van der Waals surface area contributed by atoms with Gasteiger partial charge in [-0.1, -0.05) is 6.07 Å². The highest BCUT2D eigenvalue weighted by Crippen LogP contribution is 2.21. The van der Waals surface area contributed by atoms with Gasteiger partial charge < -0.3 is 15.2 Å². The molecule has 1 atom stereocenters. The predicted molar refractivity (Wildman–Crippen MR) is 102 cm³/mol. The summed E-state index contributed by atoms with van der Waals surface area (Å²) in [5.41, 5.74) is -0.118. The molecule has 4 rings (SSSR count). The van der Waals surface area contributed by atoms with Gasteiger partial charge in [0.2, 0.25) is 5.75 Å². The summed E-state index contributed by atoms with van der Waals surface area (Å²) in [7, 11) is 0. The van der Waals surface area contributed by atoms with Gasteiger partial charge >= 0.3 is 0 Å². The summed E-state index contributed by atoms with van der Waals surface area (Å²) in [6, 6.07) is 4.02. The van der Waals surface area contributed by atoms with Crippen LogP contribution in [0.2, 0.25) is 0 Å². The molecule has 3 aromatic rings. The van der Waals surface area contributed by atoms with Gasteiger partial charge in [-0.25, -0.2) is 19.0 Å².